The van der Waals surface area contributed by atoms with E-state index in [4.69, 9.17) is 0 Å². The molecule has 0 aromatic heterocycles. The normalized spacial score (nSPS) is 13.1. The van der Waals surface area contributed by atoms with Crippen LogP contribution < -0.4 is 0 Å². The predicted molar refractivity (Wildman–Crippen MR) is 88.5 cm³/mol. The van der Waals surface area contributed by atoms with Crippen LogP contribution in [-0.4, -0.2) is 6.21 Å². The Labute approximate surface area is 118 Å². The van der Waals surface area contributed by atoms with E-state index < -0.39 is 0 Å². The molecule has 0 spiro atoms. The van der Waals surface area contributed by atoms with Gasteiger partial charge in [-0.2, -0.15) is 0 Å². The minimum Gasteiger partial charge on any atom is -0.261 e. The summed E-state index contributed by atoms with van der Waals surface area (Å²) in [5, 5.41) is 0. The molecule has 0 aliphatic carbocycles. The fourth-order valence-corrected chi connectivity index (χ4v) is 1.74. The van der Waals surface area contributed by atoms with Crippen LogP contribution in [0.1, 0.15) is 34.6 Å². The smallest absolute Gasteiger partial charge is 0.0641 e. The molecule has 0 rings (SSSR count). The molecule has 0 aromatic rings. The van der Waals surface area contributed by atoms with Crippen LogP contribution in [0.3, 0.4) is 0 Å². The van der Waals surface area contributed by atoms with Gasteiger partial charge in [0.2, 0.25) is 0 Å². The summed E-state index contributed by atoms with van der Waals surface area (Å²) in [4.78, 5) is 4.42. The van der Waals surface area contributed by atoms with Gasteiger partial charge in [-0.05, 0) is 57.4 Å². The van der Waals surface area contributed by atoms with E-state index in [1.165, 1.54) is 5.57 Å². The van der Waals surface area contributed by atoms with Crippen LogP contribution in [0.25, 0.3) is 0 Å². The molecule has 0 aromatic carbocycles. The Bertz CT molecular complexity index is 476. The van der Waals surface area contributed by atoms with E-state index in [1.807, 2.05) is 38.3 Å². The van der Waals surface area contributed by atoms with Crippen molar-refractivity contribution in [1.29, 1.82) is 0 Å². The molecule has 0 saturated carbocycles. The van der Waals surface area contributed by atoms with Crippen molar-refractivity contribution in [3.05, 3.63) is 71.5 Å². The molecular formula is C18H25N. The van der Waals surface area contributed by atoms with Gasteiger partial charge in [-0.25, -0.2) is 0 Å². The maximum atomic E-state index is 4.42. The standard InChI is InChI=1S/C18H25N/c1-8-11-17(12-9-2)15(6)13-16(7)18(14(4)5)19-10-3/h8-13H,1,6H2,2-5,7H3/b12-9-,16-13-,17-11+,19-10-. The zero-order chi connectivity index (χ0) is 14.8. The first-order chi connectivity index (χ1) is 8.97. The second-order valence-electron chi connectivity index (χ2n) is 4.45. The van der Waals surface area contributed by atoms with Gasteiger partial charge >= 0.3 is 0 Å². The Kier molecular flexibility index (Phi) is 8.19. The summed E-state index contributed by atoms with van der Waals surface area (Å²) in [6.45, 7) is 17.9. The summed E-state index contributed by atoms with van der Waals surface area (Å²) in [5.74, 6) is 0. The lowest BCUT2D eigenvalue weighted by atomic mass is 10.0. The molecule has 0 fully saturated rings. The van der Waals surface area contributed by atoms with Gasteiger partial charge < -0.3 is 0 Å². The summed E-state index contributed by atoms with van der Waals surface area (Å²) in [5.41, 5.74) is 5.34. The quantitative estimate of drug-likeness (QED) is 0.435. The minimum atomic E-state index is 0.959. The number of nitrogens with zero attached hydrogens (tertiary/aromatic N) is 1. The van der Waals surface area contributed by atoms with E-state index in [-0.39, 0.29) is 0 Å². The van der Waals surface area contributed by atoms with E-state index in [2.05, 4.69) is 45.0 Å². The van der Waals surface area contributed by atoms with Gasteiger partial charge in [-0.1, -0.05) is 43.0 Å². The lowest BCUT2D eigenvalue weighted by Crippen LogP contribution is -1.89. The Morgan fingerprint density at radius 1 is 1.11 bits per heavy atom. The molecule has 1 heteroatoms. The second kappa shape index (κ2) is 9.09. The van der Waals surface area contributed by atoms with E-state index >= 15 is 0 Å². The molecule has 0 heterocycles. The molecule has 0 radical (unpaired) electrons. The molecular weight excluding hydrogens is 230 g/mol. The average molecular weight is 255 g/mol. The van der Waals surface area contributed by atoms with Gasteiger partial charge in [0.05, 0.1) is 5.70 Å². The van der Waals surface area contributed by atoms with E-state index in [9.17, 15) is 0 Å². The van der Waals surface area contributed by atoms with Crippen LogP contribution in [0.2, 0.25) is 0 Å². The van der Waals surface area contributed by atoms with Crippen molar-refractivity contribution in [2.24, 2.45) is 4.99 Å². The lowest BCUT2D eigenvalue weighted by molar-refractivity contribution is 1.19. The van der Waals surface area contributed by atoms with Gasteiger partial charge in [0.1, 0.15) is 0 Å². The van der Waals surface area contributed by atoms with Crippen molar-refractivity contribution in [3.8, 4) is 0 Å². The van der Waals surface area contributed by atoms with Crippen molar-refractivity contribution >= 4 is 6.21 Å². The fraction of sp³-hybridized carbons (Fsp3) is 0.278. The first-order valence-corrected chi connectivity index (χ1v) is 6.47. The summed E-state index contributed by atoms with van der Waals surface area (Å²) >= 11 is 0. The Hall–Kier alpha value is -1.89. The first-order valence-electron chi connectivity index (χ1n) is 6.47. The van der Waals surface area contributed by atoms with Crippen LogP contribution >= 0.6 is 0 Å². The lowest BCUT2D eigenvalue weighted by Gasteiger charge is -2.07. The number of aliphatic imine (C=N–C) groups is 1. The average Bonchev–Trinajstić information content (AvgIpc) is 2.34. The number of hydrogen-bond acceptors (Lipinski definition) is 1. The fourth-order valence-electron chi connectivity index (χ4n) is 1.74. The Morgan fingerprint density at radius 3 is 2.16 bits per heavy atom. The molecule has 1 nitrogen and oxygen atoms in total. The van der Waals surface area contributed by atoms with Gasteiger partial charge in [-0.15, -0.1) is 0 Å². The third-order valence-corrected chi connectivity index (χ3v) is 2.51. The predicted octanol–water partition coefficient (Wildman–Crippen LogP) is 5.56. The highest BCUT2D eigenvalue weighted by atomic mass is 14.7. The molecule has 0 unspecified atom stereocenters. The number of rotatable bonds is 6. The highest BCUT2D eigenvalue weighted by Gasteiger charge is 2.02. The van der Waals surface area contributed by atoms with Crippen molar-refractivity contribution in [3.63, 3.8) is 0 Å². The van der Waals surface area contributed by atoms with Crippen LogP contribution in [0.4, 0.5) is 0 Å². The van der Waals surface area contributed by atoms with Crippen molar-refractivity contribution in [2.45, 2.75) is 34.6 Å². The summed E-state index contributed by atoms with van der Waals surface area (Å²) in [7, 11) is 0. The molecule has 19 heavy (non-hydrogen) atoms. The van der Waals surface area contributed by atoms with Crippen LogP contribution in [0.5, 0.6) is 0 Å². The molecule has 0 N–H and O–H groups in total. The molecule has 102 valence electrons. The SMILES string of the molecule is C=C/C=C(\C=C/C)C(=C)/C=C(/C)C(/N=C\C)=C(C)C. The highest BCUT2D eigenvalue weighted by Crippen LogP contribution is 2.20. The van der Waals surface area contributed by atoms with Gasteiger partial charge in [0.15, 0.2) is 0 Å². The third-order valence-electron chi connectivity index (χ3n) is 2.51. The Morgan fingerprint density at radius 2 is 1.74 bits per heavy atom. The third kappa shape index (κ3) is 6.01. The van der Waals surface area contributed by atoms with E-state index in [0.717, 1.165) is 22.4 Å². The van der Waals surface area contributed by atoms with Gasteiger partial charge in [0.25, 0.3) is 0 Å². The van der Waals surface area contributed by atoms with E-state index in [1.54, 1.807) is 6.08 Å². The number of allylic oxidation sites excluding steroid dienone is 9. The molecule has 0 atom stereocenters. The van der Waals surface area contributed by atoms with Gasteiger partial charge in [0, 0.05) is 6.21 Å². The topological polar surface area (TPSA) is 12.4 Å². The molecule has 0 amide bonds. The van der Waals surface area contributed by atoms with Crippen LogP contribution in [0.15, 0.2) is 76.5 Å². The largest absolute Gasteiger partial charge is 0.261 e. The second-order valence-corrected chi connectivity index (χ2v) is 4.45. The highest BCUT2D eigenvalue weighted by molar-refractivity contribution is 5.58. The zero-order valence-corrected chi connectivity index (χ0v) is 12.8. The summed E-state index contributed by atoms with van der Waals surface area (Å²) in [6.07, 6.45) is 11.6. The molecule has 0 saturated heterocycles. The number of hydrogen-bond donors (Lipinski definition) is 0. The summed E-state index contributed by atoms with van der Waals surface area (Å²) < 4.78 is 0. The maximum Gasteiger partial charge on any atom is 0.0641 e. The molecule has 0 bridgehead atoms. The van der Waals surface area contributed by atoms with Gasteiger partial charge in [-0.3, -0.25) is 4.99 Å². The summed E-state index contributed by atoms with van der Waals surface area (Å²) in [6, 6.07) is 0. The van der Waals surface area contributed by atoms with Crippen molar-refractivity contribution < 1.29 is 0 Å². The zero-order valence-electron chi connectivity index (χ0n) is 12.8. The molecule has 0 aliphatic heterocycles. The van der Waals surface area contributed by atoms with Crippen LogP contribution in [-0.2, 0) is 0 Å². The maximum absolute atomic E-state index is 4.42. The molecule has 0 aliphatic rings. The van der Waals surface area contributed by atoms with Crippen LogP contribution in [0, 0.1) is 0 Å². The van der Waals surface area contributed by atoms with E-state index in [0.29, 0.717) is 0 Å². The first kappa shape index (κ1) is 17.1. The monoisotopic (exact) mass is 255 g/mol. The minimum absolute atomic E-state index is 0.959. The van der Waals surface area contributed by atoms with Crippen molar-refractivity contribution in [1.82, 2.24) is 0 Å². The Balaban J connectivity index is 5.45. The van der Waals surface area contributed by atoms with Crippen molar-refractivity contribution in [2.75, 3.05) is 0 Å².